The molecule has 4 heteroatoms. The molecule has 0 unspecified atom stereocenters. The largest absolute Gasteiger partial charge is 0.493 e. The van der Waals surface area contributed by atoms with E-state index >= 15 is 0 Å². The van der Waals surface area contributed by atoms with Crippen LogP contribution in [-0.2, 0) is 4.79 Å². The van der Waals surface area contributed by atoms with Crippen LogP contribution in [0.1, 0.15) is 19.3 Å². The van der Waals surface area contributed by atoms with Gasteiger partial charge in [0.05, 0.1) is 13.0 Å². The zero-order chi connectivity index (χ0) is 13.2. The molecule has 0 saturated carbocycles. The molecule has 0 aliphatic heterocycles. The molecule has 18 heavy (non-hydrogen) atoms. The van der Waals surface area contributed by atoms with Crippen molar-refractivity contribution in [3.05, 3.63) is 24.3 Å². The number of rotatable bonds is 7. The highest BCUT2D eigenvalue weighted by Gasteiger charge is 2.01. The first-order valence-electron chi connectivity index (χ1n) is 5.91. The monoisotopic (exact) mass is 246 g/mol. The van der Waals surface area contributed by atoms with E-state index in [2.05, 4.69) is 11.2 Å². The molecule has 1 aromatic rings. The molecular weight excluding hydrogens is 228 g/mol. The van der Waals surface area contributed by atoms with Crippen molar-refractivity contribution in [3.8, 4) is 18.1 Å². The molecule has 3 N–H and O–H groups in total. The fraction of sp³-hybridized carbons (Fsp3) is 0.357. The van der Waals surface area contributed by atoms with Crippen LogP contribution in [0.25, 0.3) is 0 Å². The summed E-state index contributed by atoms with van der Waals surface area (Å²) in [5.74, 6) is 3.21. The van der Waals surface area contributed by atoms with Crippen LogP contribution in [0.4, 0.5) is 5.69 Å². The van der Waals surface area contributed by atoms with Crippen LogP contribution in [0, 0.1) is 12.3 Å². The van der Waals surface area contributed by atoms with Crippen molar-refractivity contribution in [2.24, 2.45) is 0 Å². The van der Waals surface area contributed by atoms with Gasteiger partial charge in [-0.2, -0.15) is 0 Å². The summed E-state index contributed by atoms with van der Waals surface area (Å²) in [6.07, 6.45) is 6.93. The lowest BCUT2D eigenvalue weighted by Gasteiger charge is -2.07. The van der Waals surface area contributed by atoms with Crippen molar-refractivity contribution in [3.63, 3.8) is 0 Å². The lowest BCUT2D eigenvalue weighted by molar-refractivity contribution is -0.121. The SMILES string of the molecule is C#CCCCNC(=O)CCOc1ccc(N)cc1. The van der Waals surface area contributed by atoms with E-state index in [9.17, 15) is 4.79 Å². The van der Waals surface area contributed by atoms with E-state index in [0.29, 0.717) is 37.4 Å². The van der Waals surface area contributed by atoms with Crippen LogP contribution >= 0.6 is 0 Å². The Kier molecular flexibility index (Phi) is 6.20. The van der Waals surface area contributed by atoms with E-state index < -0.39 is 0 Å². The van der Waals surface area contributed by atoms with Crippen LogP contribution in [0.2, 0.25) is 0 Å². The number of carbonyl (C=O) groups is 1. The summed E-state index contributed by atoms with van der Waals surface area (Å²) in [5.41, 5.74) is 6.24. The number of nitrogens with two attached hydrogens (primary N) is 1. The summed E-state index contributed by atoms with van der Waals surface area (Å²) in [5, 5.41) is 2.78. The Labute approximate surface area is 108 Å². The van der Waals surface area contributed by atoms with E-state index in [1.807, 2.05) is 0 Å². The average Bonchev–Trinajstić information content (AvgIpc) is 2.37. The van der Waals surface area contributed by atoms with Gasteiger partial charge in [0.25, 0.3) is 0 Å². The lowest BCUT2D eigenvalue weighted by Crippen LogP contribution is -2.25. The predicted molar refractivity (Wildman–Crippen MR) is 72.0 cm³/mol. The number of hydrogen-bond donors (Lipinski definition) is 2. The smallest absolute Gasteiger partial charge is 0.223 e. The van der Waals surface area contributed by atoms with Gasteiger partial charge in [0.1, 0.15) is 5.75 Å². The second-order valence-electron chi connectivity index (χ2n) is 3.83. The highest BCUT2D eigenvalue weighted by molar-refractivity contribution is 5.75. The minimum atomic E-state index is -0.0255. The van der Waals surface area contributed by atoms with Crippen molar-refractivity contribution < 1.29 is 9.53 Å². The molecule has 0 aliphatic carbocycles. The Hall–Kier alpha value is -2.15. The Bertz CT molecular complexity index is 407. The molecule has 0 spiro atoms. The number of hydrogen-bond acceptors (Lipinski definition) is 3. The van der Waals surface area contributed by atoms with Crippen molar-refractivity contribution in [2.45, 2.75) is 19.3 Å². The summed E-state index contributed by atoms with van der Waals surface area (Å²) in [4.78, 5) is 11.4. The lowest BCUT2D eigenvalue weighted by atomic mass is 10.3. The van der Waals surface area contributed by atoms with Crippen LogP contribution in [0.5, 0.6) is 5.75 Å². The zero-order valence-electron chi connectivity index (χ0n) is 10.3. The third-order valence-electron chi connectivity index (χ3n) is 2.30. The van der Waals surface area contributed by atoms with Gasteiger partial charge in [0.2, 0.25) is 5.91 Å². The summed E-state index contributed by atoms with van der Waals surface area (Å²) < 4.78 is 5.41. The van der Waals surface area contributed by atoms with E-state index in [4.69, 9.17) is 16.9 Å². The number of nitrogens with one attached hydrogen (secondary N) is 1. The standard InChI is InChI=1S/C14H18N2O2/c1-2-3-4-10-16-14(17)9-11-18-13-7-5-12(15)6-8-13/h1,5-8H,3-4,9-11,15H2,(H,16,17). The van der Waals surface area contributed by atoms with Gasteiger partial charge in [-0.25, -0.2) is 0 Å². The van der Waals surface area contributed by atoms with Gasteiger partial charge in [-0.15, -0.1) is 12.3 Å². The first kappa shape index (κ1) is 13.9. The minimum Gasteiger partial charge on any atom is -0.493 e. The first-order chi connectivity index (χ1) is 8.72. The molecule has 4 nitrogen and oxygen atoms in total. The molecule has 0 radical (unpaired) electrons. The van der Waals surface area contributed by atoms with Crippen molar-refractivity contribution in [1.29, 1.82) is 0 Å². The second-order valence-corrected chi connectivity index (χ2v) is 3.83. The van der Waals surface area contributed by atoms with Gasteiger partial charge in [-0.05, 0) is 30.7 Å². The van der Waals surface area contributed by atoms with Crippen molar-refractivity contribution in [1.82, 2.24) is 5.32 Å². The molecule has 1 rings (SSSR count). The van der Waals surface area contributed by atoms with Crippen molar-refractivity contribution >= 4 is 11.6 Å². The molecule has 1 aromatic carbocycles. The number of anilines is 1. The fourth-order valence-corrected chi connectivity index (χ4v) is 1.33. The molecule has 0 aromatic heterocycles. The van der Waals surface area contributed by atoms with Gasteiger partial charge in [0.15, 0.2) is 0 Å². The maximum atomic E-state index is 11.4. The van der Waals surface area contributed by atoms with E-state index in [1.165, 1.54) is 0 Å². The molecule has 0 bridgehead atoms. The Balaban J connectivity index is 2.12. The molecule has 0 atom stereocenters. The molecule has 0 aliphatic rings. The Morgan fingerprint density at radius 1 is 1.39 bits per heavy atom. The number of unbranched alkanes of at least 4 members (excludes halogenated alkanes) is 1. The van der Waals surface area contributed by atoms with Gasteiger partial charge in [0, 0.05) is 18.7 Å². The maximum Gasteiger partial charge on any atom is 0.223 e. The normalized spacial score (nSPS) is 9.50. The van der Waals surface area contributed by atoms with E-state index in [0.717, 1.165) is 6.42 Å². The quantitative estimate of drug-likeness (QED) is 0.436. The Morgan fingerprint density at radius 2 is 2.11 bits per heavy atom. The van der Waals surface area contributed by atoms with Crippen LogP contribution < -0.4 is 15.8 Å². The predicted octanol–water partition coefficient (Wildman–Crippen LogP) is 1.57. The third kappa shape index (κ3) is 5.80. The molecule has 0 fully saturated rings. The number of benzene rings is 1. The van der Waals surface area contributed by atoms with Crippen LogP contribution in [0.15, 0.2) is 24.3 Å². The van der Waals surface area contributed by atoms with Crippen LogP contribution in [0.3, 0.4) is 0 Å². The average molecular weight is 246 g/mol. The number of carbonyl (C=O) groups excluding carboxylic acids is 1. The molecule has 96 valence electrons. The van der Waals surface area contributed by atoms with Crippen molar-refractivity contribution in [2.75, 3.05) is 18.9 Å². The summed E-state index contributed by atoms with van der Waals surface area (Å²) >= 11 is 0. The summed E-state index contributed by atoms with van der Waals surface area (Å²) in [6, 6.07) is 7.07. The fourth-order valence-electron chi connectivity index (χ4n) is 1.33. The van der Waals surface area contributed by atoms with Gasteiger partial charge in [-0.3, -0.25) is 4.79 Å². The number of nitrogen functional groups attached to an aromatic ring is 1. The van der Waals surface area contributed by atoms with Crippen LogP contribution in [-0.4, -0.2) is 19.1 Å². The minimum absolute atomic E-state index is 0.0255. The number of terminal acetylenes is 1. The molecular formula is C14H18N2O2. The topological polar surface area (TPSA) is 64.3 Å². The molecule has 0 heterocycles. The first-order valence-corrected chi connectivity index (χ1v) is 5.91. The Morgan fingerprint density at radius 3 is 2.78 bits per heavy atom. The number of ether oxygens (including phenoxy) is 1. The second kappa shape index (κ2) is 8.02. The maximum absolute atomic E-state index is 11.4. The van der Waals surface area contributed by atoms with Gasteiger partial charge < -0.3 is 15.8 Å². The van der Waals surface area contributed by atoms with E-state index in [-0.39, 0.29) is 5.91 Å². The van der Waals surface area contributed by atoms with Gasteiger partial charge in [-0.1, -0.05) is 0 Å². The zero-order valence-corrected chi connectivity index (χ0v) is 10.3. The summed E-state index contributed by atoms with van der Waals surface area (Å²) in [6.45, 7) is 0.968. The van der Waals surface area contributed by atoms with E-state index in [1.54, 1.807) is 24.3 Å². The molecule has 0 saturated heterocycles. The molecule has 1 amide bonds. The highest BCUT2D eigenvalue weighted by Crippen LogP contribution is 2.12. The highest BCUT2D eigenvalue weighted by atomic mass is 16.5. The summed E-state index contributed by atoms with van der Waals surface area (Å²) in [7, 11) is 0. The van der Waals surface area contributed by atoms with Gasteiger partial charge >= 0.3 is 0 Å². The third-order valence-corrected chi connectivity index (χ3v) is 2.30. The number of amides is 1.